The third-order valence-electron chi connectivity index (χ3n) is 4.19. The Hall–Kier alpha value is -1.94. The highest BCUT2D eigenvalue weighted by Gasteiger charge is 2.15. The Labute approximate surface area is 123 Å². The number of aromatic nitrogens is 1. The lowest BCUT2D eigenvalue weighted by Crippen LogP contribution is -2.18. The number of carbonyl (C=O) groups excluding carboxylic acids is 1. The van der Waals surface area contributed by atoms with Gasteiger partial charge in [0.15, 0.2) is 11.2 Å². The van der Waals surface area contributed by atoms with Crippen LogP contribution in [0.2, 0.25) is 0 Å². The topological polar surface area (TPSA) is 59.2 Å². The van der Waals surface area contributed by atoms with E-state index in [2.05, 4.69) is 11.1 Å². The number of ketones is 1. The van der Waals surface area contributed by atoms with Crippen LogP contribution in [0, 0.1) is 5.92 Å². The number of ether oxygens (including phenoxy) is 1. The van der Waals surface area contributed by atoms with Crippen LogP contribution in [0.25, 0.3) is 10.9 Å². The number of nitrogens with one attached hydrogen (secondary N) is 1. The molecule has 4 heteroatoms. The molecule has 1 aromatic carbocycles. The van der Waals surface area contributed by atoms with Gasteiger partial charge in [0.05, 0.1) is 5.56 Å². The van der Waals surface area contributed by atoms with E-state index in [1.54, 1.807) is 0 Å². The number of fused-ring (bicyclic) bond motifs is 1. The summed E-state index contributed by atoms with van der Waals surface area (Å²) in [6.45, 7) is 3.07. The molecule has 0 spiro atoms. The number of H-pyrrole nitrogens is 1. The monoisotopic (exact) mass is 285 g/mol. The number of rotatable bonds is 3. The van der Waals surface area contributed by atoms with Gasteiger partial charge in [-0.2, -0.15) is 0 Å². The molecule has 1 saturated heterocycles. The number of Topliss-reactive ketones (excluding diaryl/α,β-unsaturated/α-hetero) is 1. The van der Waals surface area contributed by atoms with Gasteiger partial charge in [-0.3, -0.25) is 9.59 Å². The highest BCUT2D eigenvalue weighted by molar-refractivity contribution is 5.97. The van der Waals surface area contributed by atoms with E-state index in [-0.39, 0.29) is 16.8 Å². The Balaban J connectivity index is 1.96. The predicted molar refractivity (Wildman–Crippen MR) is 81.8 cm³/mol. The normalized spacial score (nSPS) is 16.2. The SMILES string of the molecule is CC(=O)c1c[nH]c2ccc(CC3CCOCC3)cc2c1=O. The van der Waals surface area contributed by atoms with E-state index in [1.807, 2.05) is 12.1 Å². The number of carbonyl (C=O) groups is 1. The summed E-state index contributed by atoms with van der Waals surface area (Å²) >= 11 is 0. The summed E-state index contributed by atoms with van der Waals surface area (Å²) in [6, 6.07) is 5.91. The third-order valence-corrected chi connectivity index (χ3v) is 4.19. The van der Waals surface area contributed by atoms with Crippen molar-refractivity contribution in [1.29, 1.82) is 0 Å². The zero-order valence-corrected chi connectivity index (χ0v) is 12.1. The van der Waals surface area contributed by atoms with Crippen molar-refractivity contribution in [2.24, 2.45) is 5.92 Å². The van der Waals surface area contributed by atoms with E-state index in [1.165, 1.54) is 13.1 Å². The van der Waals surface area contributed by atoms with Crippen molar-refractivity contribution >= 4 is 16.7 Å². The second-order valence-electron chi connectivity index (χ2n) is 5.73. The third kappa shape index (κ3) is 2.90. The van der Waals surface area contributed by atoms with Crippen LogP contribution >= 0.6 is 0 Å². The van der Waals surface area contributed by atoms with E-state index in [4.69, 9.17) is 4.74 Å². The van der Waals surface area contributed by atoms with Gasteiger partial charge in [0.25, 0.3) is 0 Å². The van der Waals surface area contributed by atoms with Crippen molar-refractivity contribution in [3.8, 4) is 0 Å². The zero-order valence-electron chi connectivity index (χ0n) is 12.1. The zero-order chi connectivity index (χ0) is 14.8. The van der Waals surface area contributed by atoms with Gasteiger partial charge in [-0.05, 0) is 49.8 Å². The number of hydrogen-bond donors (Lipinski definition) is 1. The minimum atomic E-state index is -0.201. The van der Waals surface area contributed by atoms with Crippen molar-refractivity contribution < 1.29 is 9.53 Å². The van der Waals surface area contributed by atoms with Gasteiger partial charge < -0.3 is 9.72 Å². The molecule has 110 valence electrons. The Bertz CT molecular complexity index is 726. The van der Waals surface area contributed by atoms with Crippen molar-refractivity contribution in [3.05, 3.63) is 45.7 Å². The van der Waals surface area contributed by atoms with Crippen LogP contribution in [0.3, 0.4) is 0 Å². The molecule has 0 atom stereocenters. The molecule has 0 radical (unpaired) electrons. The molecule has 0 amide bonds. The first-order chi connectivity index (χ1) is 10.1. The Morgan fingerprint density at radius 1 is 1.33 bits per heavy atom. The maximum Gasteiger partial charge on any atom is 0.200 e. The second kappa shape index (κ2) is 5.82. The van der Waals surface area contributed by atoms with Gasteiger partial charge in [-0.1, -0.05) is 6.07 Å². The van der Waals surface area contributed by atoms with Crippen LogP contribution in [0.1, 0.15) is 35.7 Å². The fourth-order valence-corrected chi connectivity index (χ4v) is 2.94. The molecule has 0 unspecified atom stereocenters. The van der Waals surface area contributed by atoms with E-state index in [9.17, 15) is 9.59 Å². The lowest BCUT2D eigenvalue weighted by atomic mass is 9.92. The largest absolute Gasteiger partial charge is 0.381 e. The molecule has 3 rings (SSSR count). The molecular weight excluding hydrogens is 266 g/mol. The first-order valence-corrected chi connectivity index (χ1v) is 7.38. The van der Waals surface area contributed by atoms with E-state index in [0.717, 1.165) is 43.6 Å². The van der Waals surface area contributed by atoms with Crippen LogP contribution in [0.4, 0.5) is 0 Å². The number of aromatic amines is 1. The molecule has 1 aliphatic rings. The van der Waals surface area contributed by atoms with Gasteiger partial charge in [0.1, 0.15) is 0 Å². The first kappa shape index (κ1) is 14.0. The van der Waals surface area contributed by atoms with Gasteiger partial charge in [0, 0.05) is 30.3 Å². The molecular formula is C17H19NO3. The van der Waals surface area contributed by atoms with Gasteiger partial charge in [-0.15, -0.1) is 0 Å². The number of pyridine rings is 1. The molecule has 1 fully saturated rings. The van der Waals surface area contributed by atoms with Gasteiger partial charge in [0.2, 0.25) is 0 Å². The summed E-state index contributed by atoms with van der Waals surface area (Å²) in [4.78, 5) is 26.9. The first-order valence-electron chi connectivity index (χ1n) is 7.38. The molecule has 2 aromatic rings. The van der Waals surface area contributed by atoms with Crippen molar-refractivity contribution in [2.75, 3.05) is 13.2 Å². The molecule has 0 saturated carbocycles. The van der Waals surface area contributed by atoms with Crippen LogP contribution in [0.15, 0.2) is 29.2 Å². The minimum absolute atomic E-state index is 0.176. The molecule has 4 nitrogen and oxygen atoms in total. The molecule has 1 aromatic heterocycles. The highest BCUT2D eigenvalue weighted by Crippen LogP contribution is 2.21. The van der Waals surface area contributed by atoms with Crippen LogP contribution in [0.5, 0.6) is 0 Å². The van der Waals surface area contributed by atoms with Crippen molar-refractivity contribution in [1.82, 2.24) is 4.98 Å². The molecule has 0 aliphatic carbocycles. The number of hydrogen-bond acceptors (Lipinski definition) is 3. The maximum absolute atomic E-state index is 12.4. The van der Waals surface area contributed by atoms with Gasteiger partial charge in [-0.25, -0.2) is 0 Å². The van der Waals surface area contributed by atoms with Gasteiger partial charge >= 0.3 is 0 Å². The van der Waals surface area contributed by atoms with Crippen LogP contribution < -0.4 is 5.43 Å². The van der Waals surface area contributed by atoms with Crippen LogP contribution in [-0.4, -0.2) is 24.0 Å². The van der Waals surface area contributed by atoms with E-state index in [0.29, 0.717) is 11.3 Å². The average Bonchev–Trinajstić information content (AvgIpc) is 2.49. The minimum Gasteiger partial charge on any atom is -0.381 e. The van der Waals surface area contributed by atoms with E-state index >= 15 is 0 Å². The lowest BCUT2D eigenvalue weighted by Gasteiger charge is -2.22. The molecule has 21 heavy (non-hydrogen) atoms. The van der Waals surface area contributed by atoms with Crippen molar-refractivity contribution in [3.63, 3.8) is 0 Å². The van der Waals surface area contributed by atoms with Crippen LogP contribution in [-0.2, 0) is 11.2 Å². The average molecular weight is 285 g/mol. The Morgan fingerprint density at radius 3 is 2.81 bits per heavy atom. The van der Waals surface area contributed by atoms with E-state index < -0.39 is 0 Å². The summed E-state index contributed by atoms with van der Waals surface area (Å²) in [5.74, 6) is 0.416. The summed E-state index contributed by atoms with van der Waals surface area (Å²) in [5.41, 5.74) is 1.98. The summed E-state index contributed by atoms with van der Waals surface area (Å²) < 4.78 is 5.38. The fourth-order valence-electron chi connectivity index (χ4n) is 2.94. The molecule has 1 N–H and O–H groups in total. The quantitative estimate of drug-likeness (QED) is 0.882. The fraction of sp³-hybridized carbons (Fsp3) is 0.412. The standard InChI is InChI=1S/C17H19NO3/c1-11(19)15-10-18-16-3-2-13(9-14(16)17(15)20)8-12-4-6-21-7-5-12/h2-3,9-10,12H,4-8H2,1H3,(H,18,20). The summed E-state index contributed by atoms with van der Waals surface area (Å²) in [6.07, 6.45) is 4.61. The predicted octanol–water partition coefficient (Wildman–Crippen LogP) is 2.70. The second-order valence-corrected chi connectivity index (χ2v) is 5.73. The molecule has 1 aliphatic heterocycles. The summed E-state index contributed by atoms with van der Waals surface area (Å²) in [5, 5.41) is 0.604. The highest BCUT2D eigenvalue weighted by atomic mass is 16.5. The molecule has 0 bridgehead atoms. The molecule has 2 heterocycles. The smallest absolute Gasteiger partial charge is 0.200 e. The van der Waals surface area contributed by atoms with Crippen molar-refractivity contribution in [2.45, 2.75) is 26.2 Å². The maximum atomic E-state index is 12.4. The Morgan fingerprint density at radius 2 is 2.10 bits per heavy atom. The number of benzene rings is 1. The lowest BCUT2D eigenvalue weighted by molar-refractivity contribution is 0.0665. The Kier molecular flexibility index (Phi) is 3.88. The summed E-state index contributed by atoms with van der Waals surface area (Å²) in [7, 11) is 0.